The van der Waals surface area contributed by atoms with E-state index in [1.165, 1.54) is 24.3 Å². The van der Waals surface area contributed by atoms with Crippen LogP contribution < -0.4 is 4.72 Å². The van der Waals surface area contributed by atoms with Gasteiger partial charge in [-0.15, -0.1) is 11.3 Å². The van der Waals surface area contributed by atoms with Crippen LogP contribution in [0.15, 0.2) is 34.5 Å². The second kappa shape index (κ2) is 5.68. The predicted octanol–water partition coefficient (Wildman–Crippen LogP) is 3.35. The second-order valence-electron chi connectivity index (χ2n) is 3.64. The van der Waals surface area contributed by atoms with Crippen LogP contribution >= 0.6 is 34.5 Å². The minimum atomic E-state index is -3.70. The number of rotatable bonds is 4. The highest BCUT2D eigenvalue weighted by Gasteiger charge is 2.17. The molecule has 102 valence electrons. The Labute approximate surface area is 124 Å². The zero-order valence-electron chi connectivity index (χ0n) is 9.43. The summed E-state index contributed by atoms with van der Waals surface area (Å²) in [4.78, 5) is 0.574. The maximum atomic E-state index is 12.1. The molecular formula is C11H9Cl2NO3S2. The van der Waals surface area contributed by atoms with E-state index in [2.05, 4.69) is 4.72 Å². The average molecular weight is 338 g/mol. The van der Waals surface area contributed by atoms with E-state index in [9.17, 15) is 8.42 Å². The van der Waals surface area contributed by atoms with Gasteiger partial charge in [-0.25, -0.2) is 8.42 Å². The molecule has 0 atom stereocenters. The van der Waals surface area contributed by atoms with Crippen LogP contribution in [0.4, 0.5) is 5.69 Å². The third-order valence-corrected chi connectivity index (χ3v) is 5.55. The first-order chi connectivity index (χ1) is 8.90. The largest absolute Gasteiger partial charge is 0.391 e. The summed E-state index contributed by atoms with van der Waals surface area (Å²) in [6, 6.07) is 7.43. The van der Waals surface area contributed by atoms with Gasteiger partial charge in [-0.2, -0.15) is 0 Å². The van der Waals surface area contributed by atoms with Gasteiger partial charge in [0.2, 0.25) is 0 Å². The maximum Gasteiger partial charge on any atom is 0.271 e. The molecule has 0 aliphatic heterocycles. The van der Waals surface area contributed by atoms with Gasteiger partial charge in [0.1, 0.15) is 4.21 Å². The molecule has 0 aliphatic carbocycles. The molecule has 0 saturated heterocycles. The van der Waals surface area contributed by atoms with Crippen molar-refractivity contribution < 1.29 is 13.5 Å². The molecule has 1 heterocycles. The van der Waals surface area contributed by atoms with Gasteiger partial charge in [0.05, 0.1) is 12.3 Å². The average Bonchev–Trinajstić information content (AvgIpc) is 2.75. The Morgan fingerprint density at radius 2 is 1.79 bits per heavy atom. The van der Waals surface area contributed by atoms with Gasteiger partial charge in [0.15, 0.2) is 0 Å². The van der Waals surface area contributed by atoms with Crippen molar-refractivity contribution in [3.05, 3.63) is 45.3 Å². The quantitative estimate of drug-likeness (QED) is 0.898. The number of hydrogen-bond acceptors (Lipinski definition) is 4. The van der Waals surface area contributed by atoms with Gasteiger partial charge in [0, 0.05) is 14.9 Å². The normalized spacial score (nSPS) is 11.5. The molecule has 2 rings (SSSR count). The van der Waals surface area contributed by atoms with E-state index in [1.54, 1.807) is 6.07 Å². The predicted molar refractivity (Wildman–Crippen MR) is 77.5 cm³/mol. The highest BCUT2D eigenvalue weighted by Crippen LogP contribution is 2.27. The highest BCUT2D eigenvalue weighted by molar-refractivity contribution is 7.94. The Hall–Kier alpha value is -0.790. The van der Waals surface area contributed by atoms with Crippen molar-refractivity contribution in [2.75, 3.05) is 4.72 Å². The first-order valence-electron chi connectivity index (χ1n) is 5.09. The molecule has 2 aromatic rings. The van der Waals surface area contributed by atoms with E-state index in [0.717, 1.165) is 11.3 Å². The molecule has 19 heavy (non-hydrogen) atoms. The van der Waals surface area contributed by atoms with Crippen molar-refractivity contribution in [3.63, 3.8) is 0 Å². The molecule has 0 spiro atoms. The number of sulfonamides is 1. The van der Waals surface area contributed by atoms with Gasteiger partial charge in [-0.05, 0) is 30.3 Å². The molecule has 0 aliphatic rings. The van der Waals surface area contributed by atoms with Crippen molar-refractivity contribution in [2.45, 2.75) is 10.8 Å². The van der Waals surface area contributed by atoms with E-state index in [4.69, 9.17) is 28.3 Å². The Kier molecular flexibility index (Phi) is 4.37. The van der Waals surface area contributed by atoms with Crippen molar-refractivity contribution in [1.29, 1.82) is 0 Å². The Morgan fingerprint density at radius 3 is 2.32 bits per heavy atom. The lowest BCUT2D eigenvalue weighted by atomic mass is 10.3. The van der Waals surface area contributed by atoms with Gasteiger partial charge in [-0.1, -0.05) is 23.2 Å². The molecule has 1 aromatic carbocycles. The number of anilines is 1. The van der Waals surface area contributed by atoms with Gasteiger partial charge in [-0.3, -0.25) is 4.72 Å². The molecule has 0 unspecified atom stereocenters. The number of halogens is 2. The zero-order valence-corrected chi connectivity index (χ0v) is 12.6. The molecule has 0 saturated carbocycles. The highest BCUT2D eigenvalue weighted by atomic mass is 35.5. The maximum absolute atomic E-state index is 12.1. The van der Waals surface area contributed by atoms with Gasteiger partial charge < -0.3 is 5.11 Å². The van der Waals surface area contributed by atoms with E-state index < -0.39 is 10.0 Å². The standard InChI is InChI=1S/C11H9Cl2NO3S2/c12-7-3-8(13)5-9(4-7)14-19(16,17)11-2-1-10(6-15)18-11/h1-5,14-15H,6H2. The van der Waals surface area contributed by atoms with Crippen LogP contribution in [-0.2, 0) is 16.6 Å². The molecular weight excluding hydrogens is 329 g/mol. The summed E-state index contributed by atoms with van der Waals surface area (Å²) in [6.45, 7) is -0.191. The van der Waals surface area contributed by atoms with E-state index in [-0.39, 0.29) is 16.5 Å². The first-order valence-corrected chi connectivity index (χ1v) is 8.15. The number of benzene rings is 1. The molecule has 0 radical (unpaired) electrons. The molecule has 0 bridgehead atoms. The fourth-order valence-corrected chi connectivity index (χ4v) is 4.19. The van der Waals surface area contributed by atoms with Crippen molar-refractivity contribution in [2.24, 2.45) is 0 Å². The van der Waals surface area contributed by atoms with Crippen LogP contribution in [0.2, 0.25) is 10.0 Å². The lowest BCUT2D eigenvalue weighted by Gasteiger charge is -2.07. The van der Waals surface area contributed by atoms with Crippen LogP contribution in [0.5, 0.6) is 0 Å². The van der Waals surface area contributed by atoms with Crippen LogP contribution in [-0.4, -0.2) is 13.5 Å². The number of thiophene rings is 1. The number of hydrogen-bond donors (Lipinski definition) is 2. The zero-order chi connectivity index (χ0) is 14.0. The Balaban J connectivity index is 2.30. The monoisotopic (exact) mass is 337 g/mol. The summed E-state index contributed by atoms with van der Waals surface area (Å²) in [5, 5.41) is 9.62. The van der Waals surface area contributed by atoms with Gasteiger partial charge >= 0.3 is 0 Å². The first kappa shape index (κ1) is 14.6. The summed E-state index contributed by atoms with van der Waals surface area (Å²) in [6.07, 6.45) is 0. The van der Waals surface area contributed by atoms with E-state index in [0.29, 0.717) is 14.9 Å². The summed E-state index contributed by atoms with van der Waals surface area (Å²) in [5.41, 5.74) is 0.288. The minimum Gasteiger partial charge on any atom is -0.391 e. The molecule has 1 aromatic heterocycles. The van der Waals surface area contributed by atoms with E-state index >= 15 is 0 Å². The molecule has 8 heteroatoms. The lowest BCUT2D eigenvalue weighted by Crippen LogP contribution is -2.11. The van der Waals surface area contributed by atoms with Crippen LogP contribution in [0.1, 0.15) is 4.88 Å². The summed E-state index contributed by atoms with van der Waals surface area (Å²) < 4.78 is 26.7. The summed E-state index contributed by atoms with van der Waals surface area (Å²) >= 11 is 12.6. The minimum absolute atomic E-state index is 0.118. The fourth-order valence-electron chi connectivity index (χ4n) is 1.41. The smallest absolute Gasteiger partial charge is 0.271 e. The SMILES string of the molecule is O=S(=O)(Nc1cc(Cl)cc(Cl)c1)c1ccc(CO)s1. The number of aliphatic hydroxyl groups is 1. The third-order valence-electron chi connectivity index (χ3n) is 2.17. The van der Waals surface area contributed by atoms with Crippen LogP contribution in [0.25, 0.3) is 0 Å². The molecule has 2 N–H and O–H groups in total. The second-order valence-corrected chi connectivity index (χ2v) is 7.59. The van der Waals surface area contributed by atoms with E-state index in [1.807, 2.05) is 0 Å². The Bertz CT molecular complexity index is 677. The van der Waals surface area contributed by atoms with Crippen molar-refractivity contribution >= 4 is 50.2 Å². The van der Waals surface area contributed by atoms with Gasteiger partial charge in [0.25, 0.3) is 10.0 Å². The summed E-state index contributed by atoms with van der Waals surface area (Å²) in [5.74, 6) is 0. The molecule has 0 amide bonds. The van der Waals surface area contributed by atoms with Crippen molar-refractivity contribution in [3.8, 4) is 0 Å². The fraction of sp³-hybridized carbons (Fsp3) is 0.0909. The number of aliphatic hydroxyl groups excluding tert-OH is 1. The molecule has 4 nitrogen and oxygen atoms in total. The van der Waals surface area contributed by atoms with Crippen LogP contribution in [0, 0.1) is 0 Å². The number of nitrogens with one attached hydrogen (secondary N) is 1. The topological polar surface area (TPSA) is 66.4 Å². The Morgan fingerprint density at radius 1 is 1.16 bits per heavy atom. The van der Waals surface area contributed by atoms with Crippen LogP contribution in [0.3, 0.4) is 0 Å². The third kappa shape index (κ3) is 3.61. The molecule has 0 fully saturated rings. The lowest BCUT2D eigenvalue weighted by molar-refractivity contribution is 0.285. The summed E-state index contributed by atoms with van der Waals surface area (Å²) in [7, 11) is -3.70. The van der Waals surface area contributed by atoms with Crippen molar-refractivity contribution in [1.82, 2.24) is 0 Å².